The van der Waals surface area contributed by atoms with Crippen molar-refractivity contribution < 1.29 is 9.53 Å². The molecule has 1 aromatic rings. The molecule has 2 aliphatic rings. The summed E-state index contributed by atoms with van der Waals surface area (Å²) in [6.07, 6.45) is 6.54. The molecule has 18 heavy (non-hydrogen) atoms. The molecule has 1 fully saturated rings. The van der Waals surface area contributed by atoms with Gasteiger partial charge in [0.1, 0.15) is 5.82 Å². The predicted octanol–water partition coefficient (Wildman–Crippen LogP) is 0.739. The molecule has 3 heterocycles. The van der Waals surface area contributed by atoms with E-state index in [2.05, 4.69) is 14.9 Å². The molecule has 0 aromatic carbocycles. The molecule has 5 nitrogen and oxygen atoms in total. The molecule has 0 radical (unpaired) electrons. The van der Waals surface area contributed by atoms with Gasteiger partial charge in [-0.15, -0.1) is 0 Å². The lowest BCUT2D eigenvalue weighted by atomic mass is 9.99. The molecule has 0 aliphatic carbocycles. The number of ether oxygens (including phenoxy) is 1. The highest BCUT2D eigenvalue weighted by Gasteiger charge is 2.32. The van der Waals surface area contributed by atoms with Crippen molar-refractivity contribution in [3.05, 3.63) is 18.2 Å². The maximum Gasteiger partial charge on any atom is 0.226 e. The Labute approximate surface area is 107 Å². The van der Waals surface area contributed by atoms with Crippen molar-refractivity contribution in [3.63, 3.8) is 0 Å². The monoisotopic (exact) mass is 249 g/mol. The first kappa shape index (κ1) is 11.7. The van der Waals surface area contributed by atoms with Crippen molar-refractivity contribution in [2.45, 2.75) is 44.9 Å². The van der Waals surface area contributed by atoms with Crippen molar-refractivity contribution in [2.75, 3.05) is 6.61 Å². The van der Waals surface area contributed by atoms with Crippen LogP contribution in [0.3, 0.4) is 0 Å². The van der Waals surface area contributed by atoms with E-state index < -0.39 is 0 Å². The molecule has 0 bridgehead atoms. The van der Waals surface area contributed by atoms with Crippen molar-refractivity contribution >= 4 is 5.91 Å². The van der Waals surface area contributed by atoms with E-state index in [1.54, 1.807) is 0 Å². The average Bonchev–Trinajstić information content (AvgIpc) is 2.96. The van der Waals surface area contributed by atoms with E-state index in [1.807, 2.05) is 19.3 Å². The molecule has 1 saturated heterocycles. The number of hydrogen-bond acceptors (Lipinski definition) is 3. The van der Waals surface area contributed by atoms with E-state index in [4.69, 9.17) is 4.74 Å². The quantitative estimate of drug-likeness (QED) is 0.841. The number of nitrogens with zero attached hydrogens (tertiary/aromatic N) is 2. The Balaban J connectivity index is 1.59. The van der Waals surface area contributed by atoms with Crippen LogP contribution in [0.25, 0.3) is 0 Å². The number of carbonyl (C=O) groups is 1. The van der Waals surface area contributed by atoms with Gasteiger partial charge in [-0.25, -0.2) is 4.98 Å². The third-order valence-corrected chi connectivity index (χ3v) is 4.01. The second-order valence-electron chi connectivity index (χ2n) is 5.21. The zero-order valence-corrected chi connectivity index (χ0v) is 10.6. The third kappa shape index (κ3) is 2.14. The van der Waals surface area contributed by atoms with Gasteiger partial charge in [-0.3, -0.25) is 4.79 Å². The predicted molar refractivity (Wildman–Crippen MR) is 66.0 cm³/mol. The average molecular weight is 249 g/mol. The first-order valence-corrected chi connectivity index (χ1v) is 6.66. The van der Waals surface area contributed by atoms with Gasteiger partial charge in [-0.2, -0.15) is 0 Å². The van der Waals surface area contributed by atoms with Crippen LogP contribution in [0.15, 0.2) is 12.4 Å². The third-order valence-electron chi connectivity index (χ3n) is 4.01. The van der Waals surface area contributed by atoms with E-state index in [0.29, 0.717) is 6.61 Å². The molecule has 98 valence electrons. The normalized spacial score (nSPS) is 31.1. The summed E-state index contributed by atoms with van der Waals surface area (Å²) >= 11 is 0. The molecular formula is C13H19N3O2. The standard InChI is InChI=1S/C13H19N3O2/c1-9-11(3-7-18-9)13(17)15-10-2-5-16-6-4-14-12(16)8-10/h4,6,9-11H,2-3,5,7-8H2,1H3,(H,15,17). The van der Waals surface area contributed by atoms with Crippen LogP contribution in [0.1, 0.15) is 25.6 Å². The Hall–Kier alpha value is -1.36. The van der Waals surface area contributed by atoms with E-state index in [-0.39, 0.29) is 24.0 Å². The first-order chi connectivity index (χ1) is 8.74. The summed E-state index contributed by atoms with van der Waals surface area (Å²) in [5.41, 5.74) is 0. The molecule has 5 heteroatoms. The lowest BCUT2D eigenvalue weighted by Crippen LogP contribution is -2.44. The molecule has 1 amide bonds. The van der Waals surface area contributed by atoms with Crippen LogP contribution < -0.4 is 5.32 Å². The van der Waals surface area contributed by atoms with E-state index in [1.165, 1.54) is 0 Å². The highest BCUT2D eigenvalue weighted by molar-refractivity contribution is 5.79. The van der Waals surface area contributed by atoms with Crippen LogP contribution in [-0.2, 0) is 22.5 Å². The van der Waals surface area contributed by atoms with Crippen molar-refractivity contribution in [1.82, 2.24) is 14.9 Å². The van der Waals surface area contributed by atoms with Crippen LogP contribution in [0.5, 0.6) is 0 Å². The fourth-order valence-corrected chi connectivity index (χ4v) is 2.86. The molecular weight excluding hydrogens is 230 g/mol. The minimum Gasteiger partial charge on any atom is -0.378 e. The van der Waals surface area contributed by atoms with Crippen LogP contribution in [-0.4, -0.2) is 34.2 Å². The molecule has 1 aromatic heterocycles. The van der Waals surface area contributed by atoms with Gasteiger partial charge in [0.25, 0.3) is 0 Å². The zero-order valence-electron chi connectivity index (χ0n) is 10.6. The Morgan fingerprint density at radius 3 is 3.22 bits per heavy atom. The number of rotatable bonds is 2. The minimum atomic E-state index is 0.0201. The molecule has 3 unspecified atom stereocenters. The van der Waals surface area contributed by atoms with Gasteiger partial charge in [-0.05, 0) is 19.8 Å². The van der Waals surface area contributed by atoms with E-state index in [0.717, 1.165) is 31.6 Å². The van der Waals surface area contributed by atoms with Gasteiger partial charge in [0.15, 0.2) is 0 Å². The maximum absolute atomic E-state index is 12.2. The molecule has 1 N–H and O–H groups in total. The highest BCUT2D eigenvalue weighted by atomic mass is 16.5. The van der Waals surface area contributed by atoms with Crippen molar-refractivity contribution in [1.29, 1.82) is 0 Å². The summed E-state index contributed by atoms with van der Waals surface area (Å²) in [7, 11) is 0. The van der Waals surface area contributed by atoms with Crippen molar-refractivity contribution in [2.24, 2.45) is 5.92 Å². The van der Waals surface area contributed by atoms with E-state index >= 15 is 0 Å². The van der Waals surface area contributed by atoms with E-state index in [9.17, 15) is 4.79 Å². The SMILES string of the molecule is CC1OCCC1C(=O)NC1CCn2ccnc2C1. The Morgan fingerprint density at radius 2 is 2.44 bits per heavy atom. The fourth-order valence-electron chi connectivity index (χ4n) is 2.86. The Morgan fingerprint density at radius 1 is 1.56 bits per heavy atom. The lowest BCUT2D eigenvalue weighted by molar-refractivity contribution is -0.127. The first-order valence-electron chi connectivity index (χ1n) is 6.66. The van der Waals surface area contributed by atoms with Gasteiger partial charge in [0.2, 0.25) is 5.91 Å². The fraction of sp³-hybridized carbons (Fsp3) is 0.692. The smallest absolute Gasteiger partial charge is 0.226 e. The highest BCUT2D eigenvalue weighted by Crippen LogP contribution is 2.21. The summed E-state index contributed by atoms with van der Waals surface area (Å²) in [5.74, 6) is 1.24. The summed E-state index contributed by atoms with van der Waals surface area (Å²) in [5, 5.41) is 3.15. The number of amides is 1. The van der Waals surface area contributed by atoms with Gasteiger partial charge in [0.05, 0.1) is 12.0 Å². The summed E-state index contributed by atoms with van der Waals surface area (Å²) in [6.45, 7) is 3.62. The number of carbonyl (C=O) groups excluding carboxylic acids is 1. The van der Waals surface area contributed by atoms with Gasteiger partial charge < -0.3 is 14.6 Å². The second kappa shape index (κ2) is 4.72. The maximum atomic E-state index is 12.2. The van der Waals surface area contributed by atoms with Crippen LogP contribution in [0.2, 0.25) is 0 Å². The van der Waals surface area contributed by atoms with Gasteiger partial charge >= 0.3 is 0 Å². The van der Waals surface area contributed by atoms with Gasteiger partial charge in [-0.1, -0.05) is 0 Å². The number of aromatic nitrogens is 2. The zero-order chi connectivity index (χ0) is 12.5. The number of aryl methyl sites for hydroxylation is 1. The number of nitrogens with one attached hydrogen (secondary N) is 1. The second-order valence-corrected chi connectivity index (χ2v) is 5.21. The topological polar surface area (TPSA) is 56.1 Å². The minimum absolute atomic E-state index is 0.0201. The summed E-state index contributed by atoms with van der Waals surface area (Å²) < 4.78 is 7.60. The molecule has 3 rings (SSSR count). The van der Waals surface area contributed by atoms with Crippen LogP contribution in [0, 0.1) is 5.92 Å². The number of hydrogen-bond donors (Lipinski definition) is 1. The Bertz CT molecular complexity index is 443. The van der Waals surface area contributed by atoms with Gasteiger partial charge in [0, 0.05) is 38.0 Å². The van der Waals surface area contributed by atoms with Crippen LogP contribution >= 0.6 is 0 Å². The lowest BCUT2D eigenvalue weighted by Gasteiger charge is -2.26. The largest absolute Gasteiger partial charge is 0.378 e. The molecule has 0 spiro atoms. The number of imidazole rings is 1. The summed E-state index contributed by atoms with van der Waals surface area (Å²) in [4.78, 5) is 16.5. The molecule has 0 saturated carbocycles. The summed E-state index contributed by atoms with van der Waals surface area (Å²) in [6, 6.07) is 0.222. The van der Waals surface area contributed by atoms with Crippen LogP contribution in [0.4, 0.5) is 0 Å². The molecule has 3 atom stereocenters. The molecule has 2 aliphatic heterocycles. The van der Waals surface area contributed by atoms with Crippen molar-refractivity contribution in [3.8, 4) is 0 Å². The Kier molecular flexibility index (Phi) is 3.07. The number of fused-ring (bicyclic) bond motifs is 1.